The maximum absolute atomic E-state index is 11.7. The molecule has 0 saturated carbocycles. The number of aryl methyl sites for hydroxylation is 2. The lowest BCUT2D eigenvalue weighted by Crippen LogP contribution is -2.35. The van der Waals surface area contributed by atoms with Crippen LogP contribution in [0.1, 0.15) is 31.4 Å². The van der Waals surface area contributed by atoms with Gasteiger partial charge in [0.15, 0.2) is 0 Å². The van der Waals surface area contributed by atoms with Crippen LogP contribution in [0, 0.1) is 19.8 Å². The second-order valence-electron chi connectivity index (χ2n) is 4.93. The van der Waals surface area contributed by atoms with Gasteiger partial charge in [0.25, 0.3) is 0 Å². The van der Waals surface area contributed by atoms with E-state index in [1.54, 1.807) is 0 Å². The van der Waals surface area contributed by atoms with Crippen molar-refractivity contribution in [2.24, 2.45) is 11.7 Å². The first-order valence-electron chi connectivity index (χ1n) is 5.94. The molecule has 0 amide bonds. The molecule has 0 spiro atoms. The van der Waals surface area contributed by atoms with Crippen molar-refractivity contribution in [2.45, 2.75) is 40.2 Å². The Hall–Kier alpha value is -1.35. The largest absolute Gasteiger partial charge is 0.425 e. The molecule has 0 aliphatic heterocycles. The van der Waals surface area contributed by atoms with Crippen molar-refractivity contribution in [3.05, 3.63) is 29.3 Å². The van der Waals surface area contributed by atoms with Crippen LogP contribution < -0.4 is 10.5 Å². The van der Waals surface area contributed by atoms with Crippen molar-refractivity contribution in [3.8, 4) is 5.75 Å². The van der Waals surface area contributed by atoms with Crippen molar-refractivity contribution in [1.29, 1.82) is 0 Å². The molecule has 1 aromatic rings. The normalized spacial score (nSPS) is 12.6. The van der Waals surface area contributed by atoms with Gasteiger partial charge in [0.1, 0.15) is 11.8 Å². The molecule has 0 fully saturated rings. The van der Waals surface area contributed by atoms with Crippen LogP contribution >= 0.6 is 0 Å². The van der Waals surface area contributed by atoms with E-state index >= 15 is 0 Å². The van der Waals surface area contributed by atoms with Gasteiger partial charge in [0, 0.05) is 0 Å². The van der Waals surface area contributed by atoms with Crippen LogP contribution in [-0.2, 0) is 4.79 Å². The Morgan fingerprint density at radius 1 is 1.35 bits per heavy atom. The number of esters is 1. The number of carbonyl (C=O) groups excluding carboxylic acids is 1. The molecule has 94 valence electrons. The van der Waals surface area contributed by atoms with Gasteiger partial charge >= 0.3 is 5.97 Å². The zero-order valence-corrected chi connectivity index (χ0v) is 11.0. The number of carbonyl (C=O) groups is 1. The zero-order valence-electron chi connectivity index (χ0n) is 11.0. The van der Waals surface area contributed by atoms with Gasteiger partial charge in [0.2, 0.25) is 0 Å². The standard InChI is InChI=1S/C14H21NO2/c1-9(2)7-12(15)14(16)17-13-6-5-10(3)8-11(13)4/h5-6,8-9,12H,7,15H2,1-4H3/t12-/m0/s1. The Balaban J connectivity index is 2.67. The molecule has 0 aromatic heterocycles. The third kappa shape index (κ3) is 4.19. The highest BCUT2D eigenvalue weighted by Crippen LogP contribution is 2.19. The van der Waals surface area contributed by atoms with Gasteiger partial charge in [-0.05, 0) is 37.8 Å². The fourth-order valence-electron chi connectivity index (χ4n) is 1.70. The maximum atomic E-state index is 11.7. The lowest BCUT2D eigenvalue weighted by Gasteiger charge is -2.14. The van der Waals surface area contributed by atoms with Crippen molar-refractivity contribution in [2.75, 3.05) is 0 Å². The third-order valence-electron chi connectivity index (χ3n) is 2.57. The van der Waals surface area contributed by atoms with Crippen molar-refractivity contribution in [1.82, 2.24) is 0 Å². The summed E-state index contributed by atoms with van der Waals surface area (Å²) in [7, 11) is 0. The Labute approximate surface area is 103 Å². The third-order valence-corrected chi connectivity index (χ3v) is 2.57. The highest BCUT2D eigenvalue weighted by atomic mass is 16.5. The van der Waals surface area contributed by atoms with E-state index in [0.717, 1.165) is 11.1 Å². The molecule has 3 heteroatoms. The van der Waals surface area contributed by atoms with Crippen molar-refractivity contribution in [3.63, 3.8) is 0 Å². The van der Waals surface area contributed by atoms with Crippen LogP contribution in [0.2, 0.25) is 0 Å². The van der Waals surface area contributed by atoms with Gasteiger partial charge in [-0.2, -0.15) is 0 Å². The Bertz CT molecular complexity index is 399. The van der Waals surface area contributed by atoms with Crippen LogP contribution in [0.15, 0.2) is 18.2 Å². The first-order valence-corrected chi connectivity index (χ1v) is 5.94. The minimum atomic E-state index is -0.546. The molecule has 0 saturated heterocycles. The van der Waals surface area contributed by atoms with E-state index in [1.807, 2.05) is 45.9 Å². The van der Waals surface area contributed by atoms with E-state index in [-0.39, 0.29) is 5.97 Å². The highest BCUT2D eigenvalue weighted by molar-refractivity contribution is 5.78. The molecule has 0 aliphatic carbocycles. The summed E-state index contributed by atoms with van der Waals surface area (Å²) in [6.07, 6.45) is 0.643. The van der Waals surface area contributed by atoms with Gasteiger partial charge in [-0.25, -0.2) is 4.79 Å². The number of rotatable bonds is 4. The first-order chi connectivity index (χ1) is 7.90. The predicted octanol–water partition coefficient (Wildman–Crippen LogP) is 2.58. The summed E-state index contributed by atoms with van der Waals surface area (Å²) in [4.78, 5) is 11.7. The van der Waals surface area contributed by atoms with Crippen LogP contribution in [0.5, 0.6) is 5.75 Å². The molecule has 1 aromatic carbocycles. The number of benzene rings is 1. The van der Waals surface area contributed by atoms with Gasteiger partial charge in [-0.3, -0.25) is 0 Å². The summed E-state index contributed by atoms with van der Waals surface area (Å²) in [5.74, 6) is 0.627. The van der Waals surface area contributed by atoms with Gasteiger partial charge in [-0.15, -0.1) is 0 Å². The molecule has 0 aliphatic rings. The fourth-order valence-corrected chi connectivity index (χ4v) is 1.70. The van der Waals surface area contributed by atoms with Crippen molar-refractivity contribution < 1.29 is 9.53 Å². The van der Waals surface area contributed by atoms with Gasteiger partial charge in [-0.1, -0.05) is 31.5 Å². The van der Waals surface area contributed by atoms with Crippen LogP contribution in [0.25, 0.3) is 0 Å². The molecular weight excluding hydrogens is 214 g/mol. The van der Waals surface area contributed by atoms with Gasteiger partial charge < -0.3 is 10.5 Å². The Morgan fingerprint density at radius 2 is 2.00 bits per heavy atom. The number of hydrogen-bond donors (Lipinski definition) is 1. The molecule has 1 rings (SSSR count). The van der Waals surface area contributed by atoms with E-state index in [1.165, 1.54) is 0 Å². The molecule has 0 radical (unpaired) electrons. The number of nitrogens with two attached hydrogens (primary N) is 1. The average Bonchev–Trinajstić information content (AvgIpc) is 2.21. The van der Waals surface area contributed by atoms with E-state index in [2.05, 4.69) is 0 Å². The first kappa shape index (κ1) is 13.7. The van der Waals surface area contributed by atoms with Crippen LogP contribution in [0.3, 0.4) is 0 Å². The van der Waals surface area contributed by atoms with E-state index in [0.29, 0.717) is 18.1 Å². The smallest absolute Gasteiger partial charge is 0.328 e. The predicted molar refractivity (Wildman–Crippen MR) is 69.0 cm³/mol. The summed E-state index contributed by atoms with van der Waals surface area (Å²) in [5, 5.41) is 0. The Morgan fingerprint density at radius 3 is 2.53 bits per heavy atom. The molecule has 0 bridgehead atoms. The van der Waals surface area contributed by atoms with Crippen LogP contribution in [-0.4, -0.2) is 12.0 Å². The number of ether oxygens (including phenoxy) is 1. The molecule has 3 nitrogen and oxygen atoms in total. The maximum Gasteiger partial charge on any atom is 0.328 e. The molecule has 2 N–H and O–H groups in total. The second kappa shape index (κ2) is 5.82. The van der Waals surface area contributed by atoms with Crippen LogP contribution in [0.4, 0.5) is 0 Å². The fraction of sp³-hybridized carbons (Fsp3) is 0.500. The zero-order chi connectivity index (χ0) is 13.0. The van der Waals surface area contributed by atoms with E-state index in [4.69, 9.17) is 10.5 Å². The second-order valence-corrected chi connectivity index (χ2v) is 4.93. The van der Waals surface area contributed by atoms with E-state index < -0.39 is 6.04 Å². The summed E-state index contributed by atoms with van der Waals surface area (Å²) in [5.41, 5.74) is 7.87. The Kier molecular flexibility index (Phi) is 4.70. The molecule has 17 heavy (non-hydrogen) atoms. The van der Waals surface area contributed by atoms with Crippen molar-refractivity contribution >= 4 is 5.97 Å². The highest BCUT2D eigenvalue weighted by Gasteiger charge is 2.17. The number of hydrogen-bond acceptors (Lipinski definition) is 3. The summed E-state index contributed by atoms with van der Waals surface area (Å²) >= 11 is 0. The topological polar surface area (TPSA) is 52.3 Å². The SMILES string of the molecule is Cc1ccc(OC(=O)[C@@H](N)CC(C)C)c(C)c1. The minimum Gasteiger partial charge on any atom is -0.425 e. The monoisotopic (exact) mass is 235 g/mol. The molecular formula is C14H21NO2. The summed E-state index contributed by atoms with van der Waals surface area (Å²) in [6, 6.07) is 5.17. The molecule has 1 atom stereocenters. The molecule has 0 unspecified atom stereocenters. The van der Waals surface area contributed by atoms with E-state index in [9.17, 15) is 4.79 Å². The minimum absolute atomic E-state index is 0.356. The van der Waals surface area contributed by atoms with Gasteiger partial charge in [0.05, 0.1) is 0 Å². The summed E-state index contributed by atoms with van der Waals surface area (Å²) < 4.78 is 5.30. The lowest BCUT2D eigenvalue weighted by atomic mass is 10.0. The lowest BCUT2D eigenvalue weighted by molar-refractivity contribution is -0.136. The average molecular weight is 235 g/mol. The summed E-state index contributed by atoms with van der Waals surface area (Å²) in [6.45, 7) is 7.99. The quantitative estimate of drug-likeness (QED) is 0.644. The molecule has 0 heterocycles.